The molecule has 10 N–H and O–H groups in total. The predicted molar refractivity (Wildman–Crippen MR) is 78.5 cm³/mol. The third-order valence-corrected chi connectivity index (χ3v) is 2.98. The SMILES string of the molecule is C[C@@H](O)[C@H](N)C(=O)N[C@@H](CCN)C(=O)N[C@@H](CCN)C(=O)O. The lowest BCUT2D eigenvalue weighted by Crippen LogP contribution is -2.56. The molecule has 0 aliphatic heterocycles. The summed E-state index contributed by atoms with van der Waals surface area (Å²) in [6.07, 6.45) is -0.943. The first-order valence-corrected chi connectivity index (χ1v) is 6.91. The van der Waals surface area contributed by atoms with Crippen LogP contribution in [0.15, 0.2) is 0 Å². The Morgan fingerprint density at radius 1 is 1.00 bits per heavy atom. The molecule has 0 bridgehead atoms. The molecule has 0 fully saturated rings. The van der Waals surface area contributed by atoms with Crippen molar-refractivity contribution in [2.75, 3.05) is 13.1 Å². The molecule has 10 heteroatoms. The summed E-state index contributed by atoms with van der Waals surface area (Å²) in [4.78, 5) is 34.8. The second kappa shape index (κ2) is 10.1. The van der Waals surface area contributed by atoms with Gasteiger partial charge in [0.05, 0.1) is 6.10 Å². The standard InChI is InChI=1S/C12H25N5O5/c1-6(18)9(15)11(20)16-7(2-4-13)10(19)17-8(3-5-14)12(21)22/h6-9,18H,2-5,13-15H2,1H3,(H,16,20)(H,17,19)(H,21,22)/t6-,7+,8+,9+/m1/s1. The van der Waals surface area contributed by atoms with E-state index < -0.39 is 42.0 Å². The highest BCUT2D eigenvalue weighted by molar-refractivity contribution is 5.91. The maximum atomic E-state index is 12.1. The van der Waals surface area contributed by atoms with Gasteiger partial charge >= 0.3 is 5.97 Å². The van der Waals surface area contributed by atoms with Crippen molar-refractivity contribution in [3.05, 3.63) is 0 Å². The van der Waals surface area contributed by atoms with Gasteiger partial charge in [-0.15, -0.1) is 0 Å². The van der Waals surface area contributed by atoms with Gasteiger partial charge in [-0.1, -0.05) is 0 Å². The van der Waals surface area contributed by atoms with E-state index in [1.807, 2.05) is 0 Å². The van der Waals surface area contributed by atoms with Crippen molar-refractivity contribution in [3.63, 3.8) is 0 Å². The third-order valence-electron chi connectivity index (χ3n) is 2.98. The first-order chi connectivity index (χ1) is 10.2. The Bertz CT molecular complexity index is 390. The summed E-state index contributed by atoms with van der Waals surface area (Å²) in [5.41, 5.74) is 16.1. The number of carbonyl (C=O) groups excluding carboxylic acids is 2. The van der Waals surface area contributed by atoms with Gasteiger partial charge in [0.2, 0.25) is 11.8 Å². The van der Waals surface area contributed by atoms with Crippen LogP contribution in [-0.2, 0) is 14.4 Å². The lowest BCUT2D eigenvalue weighted by atomic mass is 10.1. The molecule has 0 aromatic carbocycles. The molecule has 0 radical (unpaired) electrons. The zero-order chi connectivity index (χ0) is 17.3. The number of carboxylic acid groups (broad SMARTS) is 1. The zero-order valence-electron chi connectivity index (χ0n) is 12.5. The van der Waals surface area contributed by atoms with Crippen LogP contribution < -0.4 is 27.8 Å². The minimum atomic E-state index is -1.22. The molecule has 0 aliphatic rings. The minimum absolute atomic E-state index is 0.0531. The van der Waals surface area contributed by atoms with Crippen molar-refractivity contribution in [3.8, 4) is 0 Å². The largest absolute Gasteiger partial charge is 0.480 e. The number of nitrogens with one attached hydrogen (secondary N) is 2. The summed E-state index contributed by atoms with van der Waals surface area (Å²) in [7, 11) is 0. The van der Waals surface area contributed by atoms with E-state index in [0.29, 0.717) is 0 Å². The van der Waals surface area contributed by atoms with Gasteiger partial charge in [0.25, 0.3) is 0 Å². The van der Waals surface area contributed by atoms with Gasteiger partial charge in [0, 0.05) is 0 Å². The van der Waals surface area contributed by atoms with Crippen molar-refractivity contribution < 1.29 is 24.6 Å². The van der Waals surface area contributed by atoms with Gasteiger partial charge in [-0.05, 0) is 32.9 Å². The van der Waals surface area contributed by atoms with E-state index in [1.165, 1.54) is 6.92 Å². The van der Waals surface area contributed by atoms with E-state index in [0.717, 1.165) is 0 Å². The molecule has 4 atom stereocenters. The first-order valence-electron chi connectivity index (χ1n) is 6.91. The highest BCUT2D eigenvalue weighted by Crippen LogP contribution is 1.98. The monoisotopic (exact) mass is 319 g/mol. The first kappa shape index (κ1) is 20.2. The van der Waals surface area contributed by atoms with Crippen LogP contribution in [0.25, 0.3) is 0 Å². The molecule has 22 heavy (non-hydrogen) atoms. The number of hydrogen-bond donors (Lipinski definition) is 7. The number of aliphatic carboxylic acids is 1. The highest BCUT2D eigenvalue weighted by atomic mass is 16.4. The summed E-state index contributed by atoms with van der Waals surface area (Å²) >= 11 is 0. The van der Waals surface area contributed by atoms with Gasteiger partial charge in [-0.25, -0.2) is 4.79 Å². The van der Waals surface area contributed by atoms with E-state index in [9.17, 15) is 19.5 Å². The summed E-state index contributed by atoms with van der Waals surface area (Å²) in [6.45, 7) is 1.51. The fraction of sp³-hybridized carbons (Fsp3) is 0.750. The van der Waals surface area contributed by atoms with Gasteiger partial charge in [-0.3, -0.25) is 9.59 Å². The molecule has 0 rings (SSSR count). The number of aliphatic hydroxyl groups is 1. The quantitative estimate of drug-likeness (QED) is 0.215. The van der Waals surface area contributed by atoms with Crippen molar-refractivity contribution in [2.24, 2.45) is 17.2 Å². The van der Waals surface area contributed by atoms with Crippen LogP contribution in [-0.4, -0.2) is 65.3 Å². The summed E-state index contributed by atoms with van der Waals surface area (Å²) in [5.74, 6) is -2.65. The van der Waals surface area contributed by atoms with E-state index >= 15 is 0 Å². The lowest BCUT2D eigenvalue weighted by molar-refractivity contribution is -0.142. The Kier molecular flexibility index (Phi) is 9.26. The Hall–Kier alpha value is -1.75. The lowest BCUT2D eigenvalue weighted by Gasteiger charge is -2.23. The molecule has 128 valence electrons. The zero-order valence-corrected chi connectivity index (χ0v) is 12.5. The Morgan fingerprint density at radius 3 is 1.86 bits per heavy atom. The van der Waals surface area contributed by atoms with Gasteiger partial charge in [0.1, 0.15) is 18.1 Å². The average molecular weight is 319 g/mol. The molecule has 2 amide bonds. The molecule has 0 spiro atoms. The number of hydrogen-bond acceptors (Lipinski definition) is 7. The molecule has 0 aliphatic carbocycles. The van der Waals surface area contributed by atoms with Crippen LogP contribution in [0.4, 0.5) is 0 Å². The van der Waals surface area contributed by atoms with Crippen molar-refractivity contribution in [1.29, 1.82) is 0 Å². The second-order valence-corrected chi connectivity index (χ2v) is 4.88. The number of carboxylic acids is 1. The van der Waals surface area contributed by atoms with E-state index in [4.69, 9.17) is 22.3 Å². The third kappa shape index (κ3) is 6.80. The van der Waals surface area contributed by atoms with E-state index in [2.05, 4.69) is 10.6 Å². The number of nitrogens with two attached hydrogens (primary N) is 3. The predicted octanol–water partition coefficient (Wildman–Crippen LogP) is -3.55. The number of aliphatic hydroxyl groups excluding tert-OH is 1. The number of carbonyl (C=O) groups is 3. The smallest absolute Gasteiger partial charge is 0.326 e. The molecular weight excluding hydrogens is 294 g/mol. The second-order valence-electron chi connectivity index (χ2n) is 4.88. The van der Waals surface area contributed by atoms with Crippen molar-refractivity contribution >= 4 is 17.8 Å². The van der Waals surface area contributed by atoms with Crippen LogP contribution in [0.3, 0.4) is 0 Å². The topological polar surface area (TPSA) is 194 Å². The normalized spacial score (nSPS) is 16.2. The summed E-state index contributed by atoms with van der Waals surface area (Å²) in [6, 6.07) is -3.39. The Labute approximate surface area is 128 Å². The summed E-state index contributed by atoms with van der Waals surface area (Å²) < 4.78 is 0. The maximum Gasteiger partial charge on any atom is 0.326 e. The molecule has 0 heterocycles. The minimum Gasteiger partial charge on any atom is -0.480 e. The van der Waals surface area contributed by atoms with Gasteiger partial charge in [0.15, 0.2) is 0 Å². The fourth-order valence-corrected chi connectivity index (χ4v) is 1.62. The Balaban J connectivity index is 4.82. The van der Waals surface area contributed by atoms with Crippen LogP contribution in [0, 0.1) is 0 Å². The van der Waals surface area contributed by atoms with Crippen LogP contribution in [0.1, 0.15) is 19.8 Å². The molecule has 0 unspecified atom stereocenters. The molecule has 0 aromatic heterocycles. The van der Waals surface area contributed by atoms with Gasteiger partial charge in [-0.2, -0.15) is 0 Å². The van der Waals surface area contributed by atoms with Crippen LogP contribution in [0.2, 0.25) is 0 Å². The maximum absolute atomic E-state index is 12.1. The average Bonchev–Trinajstić information content (AvgIpc) is 2.44. The molecule has 10 nitrogen and oxygen atoms in total. The summed E-state index contributed by atoms with van der Waals surface area (Å²) in [5, 5.41) is 22.9. The van der Waals surface area contributed by atoms with Crippen LogP contribution >= 0.6 is 0 Å². The van der Waals surface area contributed by atoms with Crippen LogP contribution in [0.5, 0.6) is 0 Å². The highest BCUT2D eigenvalue weighted by Gasteiger charge is 2.28. The molecule has 0 saturated carbocycles. The molecular formula is C12H25N5O5. The number of rotatable bonds is 10. The fourth-order valence-electron chi connectivity index (χ4n) is 1.62. The Morgan fingerprint density at radius 2 is 1.45 bits per heavy atom. The van der Waals surface area contributed by atoms with E-state index in [1.54, 1.807) is 0 Å². The van der Waals surface area contributed by atoms with Crippen molar-refractivity contribution in [2.45, 2.75) is 44.0 Å². The molecule has 0 aromatic rings. The van der Waals surface area contributed by atoms with Crippen molar-refractivity contribution in [1.82, 2.24) is 10.6 Å². The van der Waals surface area contributed by atoms with E-state index in [-0.39, 0.29) is 25.9 Å². The number of amides is 2. The van der Waals surface area contributed by atoms with Gasteiger partial charge < -0.3 is 38.0 Å². The molecule has 0 saturated heterocycles.